The van der Waals surface area contributed by atoms with Gasteiger partial charge in [-0.1, -0.05) is 41.9 Å². The molecule has 1 heterocycles. The zero-order chi connectivity index (χ0) is 22.0. The first-order chi connectivity index (χ1) is 15.0. The predicted molar refractivity (Wildman–Crippen MR) is 119 cm³/mol. The third-order valence-electron chi connectivity index (χ3n) is 5.15. The maximum Gasteiger partial charge on any atom is 0.255 e. The molecule has 3 aromatic carbocycles. The molecule has 1 amide bonds. The predicted octanol–water partition coefficient (Wildman–Crippen LogP) is 5.38. The third kappa shape index (κ3) is 4.11. The molecule has 0 fully saturated rings. The summed E-state index contributed by atoms with van der Waals surface area (Å²) in [6.07, 6.45) is 0. The Labute approximate surface area is 184 Å². The highest BCUT2D eigenvalue weighted by Crippen LogP contribution is 2.27. The molecule has 0 aliphatic carbocycles. The molecule has 7 heteroatoms. The molecule has 4 rings (SSSR count). The minimum Gasteiger partial charge on any atom is -0.496 e. The number of benzene rings is 3. The summed E-state index contributed by atoms with van der Waals surface area (Å²) in [7, 11) is 1.52. The topological polar surface area (TPSA) is 56.1 Å². The second-order valence-corrected chi connectivity index (χ2v) is 7.55. The maximum atomic E-state index is 14.5. The molecule has 5 nitrogen and oxygen atoms in total. The summed E-state index contributed by atoms with van der Waals surface area (Å²) in [4.78, 5) is 17.6. The summed E-state index contributed by atoms with van der Waals surface area (Å²) in [6, 6.07) is 18.7. The van der Waals surface area contributed by atoms with Crippen molar-refractivity contribution in [3.8, 4) is 5.75 Å². The SMILES string of the molecule is COc1ccccc1C(=O)NC(C)c1nc2ccccc2n1Cc1c(F)cccc1Cl. The molecular weight excluding hydrogens is 417 g/mol. The molecule has 4 aromatic rings. The van der Waals surface area contributed by atoms with Crippen LogP contribution < -0.4 is 10.1 Å². The normalized spacial score (nSPS) is 12.0. The number of para-hydroxylation sites is 3. The number of fused-ring (bicyclic) bond motifs is 1. The van der Waals surface area contributed by atoms with Gasteiger partial charge in [0.1, 0.15) is 17.4 Å². The first-order valence-corrected chi connectivity index (χ1v) is 10.2. The van der Waals surface area contributed by atoms with Crippen LogP contribution in [0.3, 0.4) is 0 Å². The van der Waals surface area contributed by atoms with Crippen LogP contribution in [-0.2, 0) is 6.54 Å². The first-order valence-electron chi connectivity index (χ1n) is 9.81. The monoisotopic (exact) mass is 437 g/mol. The van der Waals surface area contributed by atoms with E-state index in [0.717, 1.165) is 11.0 Å². The van der Waals surface area contributed by atoms with Crippen LogP contribution in [0.2, 0.25) is 5.02 Å². The molecule has 0 saturated heterocycles. The molecule has 1 atom stereocenters. The molecule has 0 spiro atoms. The van der Waals surface area contributed by atoms with E-state index in [1.165, 1.54) is 13.2 Å². The lowest BCUT2D eigenvalue weighted by atomic mass is 10.1. The van der Waals surface area contributed by atoms with Gasteiger partial charge in [0.15, 0.2) is 0 Å². The van der Waals surface area contributed by atoms with Crippen LogP contribution in [-0.4, -0.2) is 22.6 Å². The molecule has 1 N–H and O–H groups in total. The number of carbonyl (C=O) groups excluding carboxylic acids is 1. The summed E-state index contributed by atoms with van der Waals surface area (Å²) >= 11 is 6.27. The van der Waals surface area contributed by atoms with Crippen molar-refractivity contribution in [3.05, 3.63) is 94.5 Å². The van der Waals surface area contributed by atoms with Crippen LogP contribution in [0, 0.1) is 5.82 Å². The molecule has 31 heavy (non-hydrogen) atoms. The van der Waals surface area contributed by atoms with E-state index in [0.29, 0.717) is 27.7 Å². The third-order valence-corrected chi connectivity index (χ3v) is 5.50. The Hall–Kier alpha value is -3.38. The maximum absolute atomic E-state index is 14.5. The van der Waals surface area contributed by atoms with Crippen molar-refractivity contribution in [2.45, 2.75) is 19.5 Å². The highest BCUT2D eigenvalue weighted by molar-refractivity contribution is 6.31. The van der Waals surface area contributed by atoms with E-state index in [2.05, 4.69) is 5.32 Å². The summed E-state index contributed by atoms with van der Waals surface area (Å²) in [5, 5.41) is 3.32. The Morgan fingerprint density at radius 3 is 2.65 bits per heavy atom. The number of hydrogen-bond acceptors (Lipinski definition) is 3. The zero-order valence-corrected chi connectivity index (χ0v) is 17.9. The van der Waals surface area contributed by atoms with E-state index in [9.17, 15) is 9.18 Å². The Kier molecular flexibility index (Phi) is 5.91. The number of methoxy groups -OCH3 is 1. The fraction of sp³-hybridized carbons (Fsp3) is 0.167. The molecule has 158 valence electrons. The van der Waals surface area contributed by atoms with Gasteiger partial charge in [0.05, 0.1) is 36.3 Å². The van der Waals surface area contributed by atoms with Gasteiger partial charge in [0, 0.05) is 10.6 Å². The smallest absolute Gasteiger partial charge is 0.255 e. The number of nitrogens with one attached hydrogen (secondary N) is 1. The van der Waals surface area contributed by atoms with E-state index < -0.39 is 6.04 Å². The van der Waals surface area contributed by atoms with Gasteiger partial charge in [0.2, 0.25) is 0 Å². The van der Waals surface area contributed by atoms with Crippen LogP contribution in [0.15, 0.2) is 66.7 Å². The second-order valence-electron chi connectivity index (χ2n) is 7.14. The van der Waals surface area contributed by atoms with E-state index in [1.54, 1.807) is 36.4 Å². The van der Waals surface area contributed by atoms with Crippen molar-refractivity contribution < 1.29 is 13.9 Å². The molecule has 1 unspecified atom stereocenters. The van der Waals surface area contributed by atoms with Crippen molar-refractivity contribution >= 4 is 28.5 Å². The average Bonchev–Trinajstić information content (AvgIpc) is 3.15. The van der Waals surface area contributed by atoms with E-state index >= 15 is 0 Å². The quantitative estimate of drug-likeness (QED) is 0.440. The number of carbonyl (C=O) groups is 1. The standard InChI is InChI=1S/C24H21ClFN3O2/c1-15(27-24(30)16-8-3-6-13-22(16)31-2)23-28-20-11-4-5-12-21(20)29(23)14-17-18(25)9-7-10-19(17)26/h3-13,15H,14H2,1-2H3,(H,27,30). The highest BCUT2D eigenvalue weighted by atomic mass is 35.5. The van der Waals surface area contributed by atoms with E-state index in [1.807, 2.05) is 35.8 Å². The van der Waals surface area contributed by atoms with Gasteiger partial charge in [-0.15, -0.1) is 0 Å². The molecule has 0 bridgehead atoms. The average molecular weight is 438 g/mol. The molecule has 0 aliphatic rings. The lowest BCUT2D eigenvalue weighted by Crippen LogP contribution is -2.29. The van der Waals surface area contributed by atoms with Gasteiger partial charge in [-0.2, -0.15) is 0 Å². The van der Waals surface area contributed by atoms with Crippen molar-refractivity contribution in [3.63, 3.8) is 0 Å². The van der Waals surface area contributed by atoms with Crippen molar-refractivity contribution in [1.29, 1.82) is 0 Å². The van der Waals surface area contributed by atoms with Gasteiger partial charge in [-0.25, -0.2) is 9.37 Å². The van der Waals surface area contributed by atoms with Crippen LogP contribution in [0.25, 0.3) is 11.0 Å². The number of nitrogens with zero attached hydrogens (tertiary/aromatic N) is 2. The zero-order valence-electron chi connectivity index (χ0n) is 17.1. The highest BCUT2D eigenvalue weighted by Gasteiger charge is 2.22. The van der Waals surface area contributed by atoms with Crippen LogP contribution in [0.4, 0.5) is 4.39 Å². The van der Waals surface area contributed by atoms with Gasteiger partial charge in [-0.3, -0.25) is 4.79 Å². The van der Waals surface area contributed by atoms with Crippen LogP contribution in [0.5, 0.6) is 5.75 Å². The lowest BCUT2D eigenvalue weighted by Gasteiger charge is -2.18. The van der Waals surface area contributed by atoms with E-state index in [-0.39, 0.29) is 18.3 Å². The number of imidazole rings is 1. The Balaban J connectivity index is 1.72. The summed E-state index contributed by atoms with van der Waals surface area (Å²) in [5.74, 6) is 0.414. The Bertz CT molecular complexity index is 1230. The fourth-order valence-corrected chi connectivity index (χ4v) is 3.83. The molecule has 0 radical (unpaired) electrons. The summed E-state index contributed by atoms with van der Waals surface area (Å²) < 4.78 is 21.7. The fourth-order valence-electron chi connectivity index (χ4n) is 3.60. The molecule has 0 saturated carbocycles. The van der Waals surface area contributed by atoms with Gasteiger partial charge in [0.25, 0.3) is 5.91 Å². The minimum atomic E-state index is -0.449. The number of rotatable bonds is 6. The van der Waals surface area contributed by atoms with Gasteiger partial charge in [-0.05, 0) is 43.3 Å². The van der Waals surface area contributed by atoms with Crippen molar-refractivity contribution in [2.75, 3.05) is 7.11 Å². The van der Waals surface area contributed by atoms with Gasteiger partial charge >= 0.3 is 0 Å². The Morgan fingerprint density at radius 2 is 1.87 bits per heavy atom. The number of hydrogen-bond donors (Lipinski definition) is 1. The second kappa shape index (κ2) is 8.78. The van der Waals surface area contributed by atoms with Gasteiger partial charge < -0.3 is 14.6 Å². The largest absolute Gasteiger partial charge is 0.496 e. The number of halogens is 2. The number of amides is 1. The molecular formula is C24H21ClFN3O2. The summed E-state index contributed by atoms with van der Waals surface area (Å²) in [6.45, 7) is 2.03. The van der Waals surface area contributed by atoms with Crippen LogP contribution >= 0.6 is 11.6 Å². The number of aromatic nitrogens is 2. The first kappa shape index (κ1) is 20.9. The number of ether oxygens (including phenoxy) is 1. The lowest BCUT2D eigenvalue weighted by molar-refractivity contribution is 0.0934. The Morgan fingerprint density at radius 1 is 1.13 bits per heavy atom. The summed E-state index contributed by atoms with van der Waals surface area (Å²) in [5.41, 5.74) is 2.38. The van der Waals surface area contributed by atoms with E-state index in [4.69, 9.17) is 21.3 Å². The molecule has 0 aliphatic heterocycles. The van der Waals surface area contributed by atoms with Crippen LogP contribution in [0.1, 0.15) is 34.7 Å². The molecule has 1 aromatic heterocycles. The van der Waals surface area contributed by atoms with Crippen molar-refractivity contribution in [1.82, 2.24) is 14.9 Å². The minimum absolute atomic E-state index is 0.191. The van der Waals surface area contributed by atoms with Crippen molar-refractivity contribution in [2.24, 2.45) is 0 Å².